The lowest BCUT2D eigenvalue weighted by Gasteiger charge is -1.98. The lowest BCUT2D eigenvalue weighted by molar-refractivity contribution is 0.100. The lowest BCUT2D eigenvalue weighted by atomic mass is 10.1. The Kier molecular flexibility index (Phi) is 2.31. The highest BCUT2D eigenvalue weighted by Crippen LogP contribution is 2.15. The Morgan fingerprint density at radius 1 is 1.33 bits per heavy atom. The van der Waals surface area contributed by atoms with Crippen molar-refractivity contribution in [3.63, 3.8) is 0 Å². The summed E-state index contributed by atoms with van der Waals surface area (Å²) in [4.78, 5) is 17.7. The van der Waals surface area contributed by atoms with Gasteiger partial charge in [-0.2, -0.15) is 0 Å². The number of rotatable bonds is 1. The number of carbonyl (C=O) groups excluding carboxylic acids is 1. The van der Waals surface area contributed by atoms with E-state index in [0.717, 1.165) is 10.8 Å². The van der Waals surface area contributed by atoms with E-state index in [9.17, 15) is 4.79 Å². The highest BCUT2D eigenvalue weighted by atomic mass is 16.1. The Labute approximate surface area is 85.0 Å². The smallest absolute Gasteiger partial charge is 0.249 e. The molecule has 15 heavy (non-hydrogen) atoms. The van der Waals surface area contributed by atoms with E-state index in [-0.39, 0.29) is 0 Å². The summed E-state index contributed by atoms with van der Waals surface area (Å²) < 4.78 is 0. The summed E-state index contributed by atoms with van der Waals surface area (Å²) >= 11 is 0. The third kappa shape index (κ3) is 1.77. The molecule has 0 aliphatic carbocycles. The van der Waals surface area contributed by atoms with E-state index in [1.807, 2.05) is 0 Å². The van der Waals surface area contributed by atoms with Crippen LogP contribution in [0.5, 0.6) is 0 Å². The summed E-state index contributed by atoms with van der Waals surface area (Å²) in [5, 5.41) is 4.86. The predicted octanol–water partition coefficient (Wildman–Crippen LogP) is 2.69. The van der Waals surface area contributed by atoms with Crippen LogP contribution in [-0.4, -0.2) is 10.9 Å². The number of pyridine rings is 1. The molecule has 0 saturated heterocycles. The van der Waals surface area contributed by atoms with Crippen LogP contribution in [0.2, 0.25) is 0 Å². The Morgan fingerprint density at radius 2 is 2.20 bits per heavy atom. The molecule has 0 saturated carbocycles. The van der Waals surface area contributed by atoms with E-state index in [2.05, 4.69) is 15.0 Å². The van der Waals surface area contributed by atoms with Crippen LogP contribution in [0.1, 0.15) is 10.4 Å². The van der Waals surface area contributed by atoms with Crippen LogP contribution in [0.15, 0.2) is 41.8 Å². The van der Waals surface area contributed by atoms with Gasteiger partial charge in [-0.25, -0.2) is 0 Å². The van der Waals surface area contributed by atoms with Crippen molar-refractivity contribution in [2.24, 2.45) is 5.11 Å². The zero-order chi connectivity index (χ0) is 10.7. The first-order valence-corrected chi connectivity index (χ1v) is 4.24. The first-order valence-electron chi connectivity index (χ1n) is 4.24. The normalized spacial score (nSPS) is 9.60. The Morgan fingerprint density at radius 3 is 3.00 bits per heavy atom. The van der Waals surface area contributed by atoms with Gasteiger partial charge in [0.1, 0.15) is 0 Å². The van der Waals surface area contributed by atoms with Gasteiger partial charge in [-0.15, -0.1) is 0 Å². The van der Waals surface area contributed by atoms with Crippen molar-refractivity contribution in [3.05, 3.63) is 52.7 Å². The largest absolute Gasteiger partial charge is 0.287 e. The molecular weight excluding hydrogens is 192 g/mol. The van der Waals surface area contributed by atoms with Crippen LogP contribution in [0.3, 0.4) is 0 Å². The van der Waals surface area contributed by atoms with Crippen molar-refractivity contribution < 1.29 is 4.79 Å². The van der Waals surface area contributed by atoms with Gasteiger partial charge in [0.2, 0.25) is 5.91 Å². The summed E-state index contributed by atoms with van der Waals surface area (Å²) in [6.07, 6.45) is 3.35. The zero-order valence-electron chi connectivity index (χ0n) is 7.66. The van der Waals surface area contributed by atoms with Gasteiger partial charge in [-0.1, -0.05) is 12.1 Å². The molecule has 0 N–H and O–H groups in total. The number of aromatic nitrogens is 1. The molecule has 5 heteroatoms. The molecule has 1 amide bonds. The molecular formula is C10H6N4O. The van der Waals surface area contributed by atoms with Gasteiger partial charge in [0.25, 0.3) is 0 Å². The number of carbonyl (C=O) groups is 1. The molecule has 0 radical (unpaired) electrons. The minimum absolute atomic E-state index is 0.381. The van der Waals surface area contributed by atoms with Crippen LogP contribution >= 0.6 is 0 Å². The van der Waals surface area contributed by atoms with Crippen molar-refractivity contribution in [2.45, 2.75) is 0 Å². The van der Waals surface area contributed by atoms with Crippen LogP contribution in [0.25, 0.3) is 21.2 Å². The zero-order valence-corrected chi connectivity index (χ0v) is 7.66. The SMILES string of the molecule is [N-]=[N+]=NC(=O)c1ccc2cnccc2c1. The maximum Gasteiger partial charge on any atom is 0.249 e. The van der Waals surface area contributed by atoms with Gasteiger partial charge < -0.3 is 0 Å². The van der Waals surface area contributed by atoms with Crippen molar-refractivity contribution >= 4 is 16.7 Å². The van der Waals surface area contributed by atoms with Gasteiger partial charge in [-0.05, 0) is 28.2 Å². The number of benzene rings is 1. The van der Waals surface area contributed by atoms with Crippen LogP contribution in [0, 0.1) is 0 Å². The second-order valence-electron chi connectivity index (χ2n) is 2.93. The van der Waals surface area contributed by atoms with Gasteiger partial charge in [0.05, 0.1) is 0 Å². The number of hydrogen-bond acceptors (Lipinski definition) is 2. The third-order valence-electron chi connectivity index (χ3n) is 2.02. The maximum atomic E-state index is 11.3. The molecule has 5 nitrogen and oxygen atoms in total. The quantitative estimate of drug-likeness (QED) is 0.401. The molecule has 0 fully saturated rings. The van der Waals surface area contributed by atoms with E-state index in [0.29, 0.717) is 5.56 Å². The summed E-state index contributed by atoms with van der Waals surface area (Å²) in [6, 6.07) is 6.85. The molecule has 0 bridgehead atoms. The molecule has 2 aromatic rings. The second kappa shape index (κ2) is 3.77. The fourth-order valence-corrected chi connectivity index (χ4v) is 1.31. The fourth-order valence-electron chi connectivity index (χ4n) is 1.31. The van der Waals surface area contributed by atoms with Crippen molar-refractivity contribution in [1.29, 1.82) is 0 Å². The standard InChI is InChI=1S/C10H6N4O/c11-14-13-10(15)8-1-2-9-6-12-4-3-7(9)5-8/h1-6H. The van der Waals surface area contributed by atoms with E-state index in [1.165, 1.54) is 0 Å². The van der Waals surface area contributed by atoms with Crippen LogP contribution in [-0.2, 0) is 0 Å². The Bertz CT molecular complexity index is 572. The molecule has 1 heterocycles. The Balaban J connectivity index is 2.56. The fraction of sp³-hybridized carbons (Fsp3) is 0. The lowest BCUT2D eigenvalue weighted by Crippen LogP contribution is -1.92. The maximum absolute atomic E-state index is 11.3. The number of nitrogens with zero attached hydrogens (tertiary/aromatic N) is 4. The monoisotopic (exact) mass is 198 g/mol. The van der Waals surface area contributed by atoms with E-state index in [4.69, 9.17) is 5.53 Å². The number of azide groups is 1. The highest BCUT2D eigenvalue weighted by molar-refractivity contribution is 5.98. The van der Waals surface area contributed by atoms with Crippen molar-refractivity contribution in [2.75, 3.05) is 0 Å². The number of fused-ring (bicyclic) bond motifs is 1. The summed E-state index contributed by atoms with van der Waals surface area (Å²) in [5.74, 6) is -0.573. The van der Waals surface area contributed by atoms with Crippen molar-refractivity contribution in [3.8, 4) is 0 Å². The predicted molar refractivity (Wildman–Crippen MR) is 55.2 cm³/mol. The summed E-state index contributed by atoms with van der Waals surface area (Å²) in [7, 11) is 0. The van der Waals surface area contributed by atoms with Gasteiger partial charge in [-0.3, -0.25) is 9.78 Å². The average Bonchev–Trinajstić information content (AvgIpc) is 2.29. The topological polar surface area (TPSA) is 78.7 Å². The highest BCUT2D eigenvalue weighted by Gasteiger charge is 2.03. The van der Waals surface area contributed by atoms with Crippen LogP contribution in [0.4, 0.5) is 0 Å². The minimum Gasteiger partial charge on any atom is -0.287 e. The van der Waals surface area contributed by atoms with Crippen molar-refractivity contribution in [1.82, 2.24) is 4.98 Å². The molecule has 1 aromatic carbocycles. The average molecular weight is 198 g/mol. The first-order chi connectivity index (χ1) is 7.31. The second-order valence-corrected chi connectivity index (χ2v) is 2.93. The first kappa shape index (κ1) is 9.18. The molecule has 0 unspecified atom stereocenters. The Hall–Kier alpha value is -2.39. The van der Waals surface area contributed by atoms with Gasteiger partial charge >= 0.3 is 0 Å². The summed E-state index contributed by atoms with van der Waals surface area (Å²) in [5.41, 5.74) is 8.52. The minimum atomic E-state index is -0.573. The molecule has 0 atom stereocenters. The van der Waals surface area contributed by atoms with E-state index in [1.54, 1.807) is 36.7 Å². The number of hydrogen-bond donors (Lipinski definition) is 0. The molecule has 72 valence electrons. The molecule has 0 aliphatic rings. The number of amides is 1. The van der Waals surface area contributed by atoms with E-state index >= 15 is 0 Å². The molecule has 1 aromatic heterocycles. The molecule has 2 rings (SSSR count). The van der Waals surface area contributed by atoms with E-state index < -0.39 is 5.91 Å². The van der Waals surface area contributed by atoms with Gasteiger partial charge in [0, 0.05) is 28.3 Å². The molecule has 0 spiro atoms. The summed E-state index contributed by atoms with van der Waals surface area (Å²) in [6.45, 7) is 0. The van der Waals surface area contributed by atoms with Crippen LogP contribution < -0.4 is 0 Å². The van der Waals surface area contributed by atoms with Gasteiger partial charge in [0.15, 0.2) is 0 Å². The third-order valence-corrected chi connectivity index (χ3v) is 2.02. The molecule has 0 aliphatic heterocycles.